The van der Waals surface area contributed by atoms with Gasteiger partial charge in [0.1, 0.15) is 5.75 Å². The van der Waals surface area contributed by atoms with Crippen LogP contribution in [0.3, 0.4) is 0 Å². The van der Waals surface area contributed by atoms with Crippen molar-refractivity contribution in [1.82, 2.24) is 5.32 Å². The molecule has 0 amide bonds. The van der Waals surface area contributed by atoms with Crippen molar-refractivity contribution < 1.29 is 9.53 Å². The van der Waals surface area contributed by atoms with Crippen LogP contribution >= 0.6 is 11.6 Å². The third-order valence-corrected chi connectivity index (χ3v) is 2.48. The predicted molar refractivity (Wildman–Crippen MR) is 70.1 cm³/mol. The van der Waals surface area contributed by atoms with Crippen molar-refractivity contribution in [2.45, 2.75) is 26.3 Å². The van der Waals surface area contributed by atoms with Crippen LogP contribution in [0.25, 0.3) is 0 Å². The third-order valence-electron chi connectivity index (χ3n) is 2.24. The highest BCUT2D eigenvalue weighted by Gasteiger charge is 2.16. The van der Waals surface area contributed by atoms with E-state index in [1.165, 1.54) is 7.11 Å². The number of halogens is 1. The van der Waals surface area contributed by atoms with E-state index < -0.39 is 0 Å². The van der Waals surface area contributed by atoms with E-state index in [1.807, 2.05) is 20.8 Å². The molecule has 17 heavy (non-hydrogen) atoms. The van der Waals surface area contributed by atoms with Gasteiger partial charge in [-0.2, -0.15) is 0 Å². The summed E-state index contributed by atoms with van der Waals surface area (Å²) in [4.78, 5) is 12.0. The topological polar surface area (TPSA) is 38.3 Å². The molecule has 1 N–H and O–H groups in total. The van der Waals surface area contributed by atoms with Gasteiger partial charge in [-0.3, -0.25) is 4.79 Å². The summed E-state index contributed by atoms with van der Waals surface area (Å²) in [6.07, 6.45) is 0. The van der Waals surface area contributed by atoms with Crippen molar-refractivity contribution in [3.05, 3.63) is 28.8 Å². The van der Waals surface area contributed by atoms with Crippen molar-refractivity contribution in [3.63, 3.8) is 0 Å². The molecule has 0 bridgehead atoms. The molecule has 0 aliphatic carbocycles. The minimum atomic E-state index is -0.0958. The summed E-state index contributed by atoms with van der Waals surface area (Å²) in [5, 5.41) is 3.68. The second-order valence-corrected chi connectivity index (χ2v) is 5.31. The maximum atomic E-state index is 12.0. The van der Waals surface area contributed by atoms with E-state index in [4.69, 9.17) is 16.3 Å². The molecule has 1 aromatic carbocycles. The van der Waals surface area contributed by atoms with Crippen LogP contribution in [0.15, 0.2) is 18.2 Å². The average molecular weight is 256 g/mol. The highest BCUT2D eigenvalue weighted by molar-refractivity contribution is 6.31. The van der Waals surface area contributed by atoms with Crippen LogP contribution in [0.1, 0.15) is 31.1 Å². The van der Waals surface area contributed by atoms with Crippen molar-refractivity contribution >= 4 is 17.4 Å². The van der Waals surface area contributed by atoms with Gasteiger partial charge >= 0.3 is 0 Å². The van der Waals surface area contributed by atoms with Crippen LogP contribution in [-0.2, 0) is 0 Å². The number of ketones is 1. The molecule has 0 aromatic heterocycles. The maximum Gasteiger partial charge on any atom is 0.180 e. The highest BCUT2D eigenvalue weighted by Crippen LogP contribution is 2.22. The molecule has 3 nitrogen and oxygen atoms in total. The monoisotopic (exact) mass is 255 g/mol. The van der Waals surface area contributed by atoms with Gasteiger partial charge in [0.2, 0.25) is 0 Å². The molecule has 0 radical (unpaired) electrons. The van der Waals surface area contributed by atoms with Gasteiger partial charge in [0.05, 0.1) is 19.2 Å². The molecule has 0 saturated carbocycles. The number of hydrogen-bond acceptors (Lipinski definition) is 3. The van der Waals surface area contributed by atoms with Crippen molar-refractivity contribution in [2.24, 2.45) is 0 Å². The summed E-state index contributed by atoms with van der Waals surface area (Å²) >= 11 is 5.88. The lowest BCUT2D eigenvalue weighted by Crippen LogP contribution is -2.39. The first-order valence-corrected chi connectivity index (χ1v) is 5.83. The molecular weight excluding hydrogens is 238 g/mol. The molecule has 0 unspecified atom stereocenters. The number of hydrogen-bond donors (Lipinski definition) is 1. The van der Waals surface area contributed by atoms with Crippen LogP contribution in [0, 0.1) is 0 Å². The zero-order valence-corrected chi connectivity index (χ0v) is 11.4. The fraction of sp³-hybridized carbons (Fsp3) is 0.462. The summed E-state index contributed by atoms with van der Waals surface area (Å²) in [5.41, 5.74) is 0.415. The molecule has 1 rings (SSSR count). The summed E-state index contributed by atoms with van der Waals surface area (Å²) < 4.78 is 5.15. The molecule has 0 heterocycles. The third kappa shape index (κ3) is 4.36. The van der Waals surface area contributed by atoms with E-state index in [9.17, 15) is 4.79 Å². The molecule has 0 spiro atoms. The molecule has 0 fully saturated rings. The number of ether oxygens (including phenoxy) is 1. The molecule has 0 saturated heterocycles. The van der Waals surface area contributed by atoms with Crippen molar-refractivity contribution in [3.8, 4) is 5.75 Å². The first kappa shape index (κ1) is 14.0. The molecule has 1 aromatic rings. The predicted octanol–water partition coefficient (Wildman–Crippen LogP) is 2.92. The second kappa shape index (κ2) is 5.52. The lowest BCUT2D eigenvalue weighted by Gasteiger charge is -2.20. The quantitative estimate of drug-likeness (QED) is 0.841. The maximum absolute atomic E-state index is 12.0. The Bertz CT molecular complexity index is 410. The molecular formula is C13H18ClNO2. The lowest BCUT2D eigenvalue weighted by atomic mass is 10.1. The van der Waals surface area contributed by atoms with Gasteiger partial charge in [-0.15, -0.1) is 0 Å². The minimum Gasteiger partial charge on any atom is -0.496 e. The van der Waals surface area contributed by atoms with E-state index in [2.05, 4.69) is 5.32 Å². The zero-order chi connectivity index (χ0) is 13.1. The number of benzene rings is 1. The largest absolute Gasteiger partial charge is 0.496 e. The van der Waals surface area contributed by atoms with Gasteiger partial charge in [0, 0.05) is 10.6 Å². The number of rotatable bonds is 4. The molecule has 0 aliphatic rings. The SMILES string of the molecule is COc1ccc(Cl)cc1C(=O)CNC(C)(C)C. The number of methoxy groups -OCH3 is 1. The van der Waals surface area contributed by atoms with Gasteiger partial charge in [-0.05, 0) is 39.0 Å². The van der Waals surface area contributed by atoms with E-state index in [0.717, 1.165) is 0 Å². The van der Waals surface area contributed by atoms with E-state index >= 15 is 0 Å². The summed E-state index contributed by atoms with van der Waals surface area (Å²) in [7, 11) is 1.54. The van der Waals surface area contributed by atoms with Gasteiger partial charge in [-0.1, -0.05) is 11.6 Å². The average Bonchev–Trinajstić information content (AvgIpc) is 2.25. The molecule has 0 atom stereocenters. The second-order valence-electron chi connectivity index (χ2n) is 4.87. The number of carbonyl (C=O) groups excluding carboxylic acids is 1. The summed E-state index contributed by atoms with van der Waals surface area (Å²) in [5.74, 6) is 0.523. The fourth-order valence-corrected chi connectivity index (χ4v) is 1.51. The van der Waals surface area contributed by atoms with Crippen LogP contribution < -0.4 is 10.1 Å². The van der Waals surface area contributed by atoms with Gasteiger partial charge in [0.25, 0.3) is 0 Å². The van der Waals surface area contributed by atoms with Crippen LogP contribution in [0.5, 0.6) is 5.75 Å². The Labute approximate surface area is 107 Å². The van der Waals surface area contributed by atoms with E-state index in [1.54, 1.807) is 18.2 Å². The van der Waals surface area contributed by atoms with Gasteiger partial charge in [-0.25, -0.2) is 0 Å². The lowest BCUT2D eigenvalue weighted by molar-refractivity contribution is 0.0979. The standard InChI is InChI=1S/C13H18ClNO2/c1-13(2,3)15-8-11(16)10-7-9(14)5-6-12(10)17-4/h5-7,15H,8H2,1-4H3. The normalized spacial score (nSPS) is 11.4. The van der Waals surface area contributed by atoms with Crippen molar-refractivity contribution in [1.29, 1.82) is 0 Å². The molecule has 94 valence electrons. The Hall–Kier alpha value is -1.06. The molecule has 0 aliphatic heterocycles. The zero-order valence-electron chi connectivity index (χ0n) is 10.6. The Kier molecular flexibility index (Phi) is 4.54. The minimum absolute atomic E-state index is 0.0284. The van der Waals surface area contributed by atoms with Crippen LogP contribution in [0.2, 0.25) is 5.02 Å². The first-order valence-electron chi connectivity index (χ1n) is 5.45. The van der Waals surface area contributed by atoms with Gasteiger partial charge in [0.15, 0.2) is 5.78 Å². The van der Waals surface area contributed by atoms with Gasteiger partial charge < -0.3 is 10.1 Å². The number of Topliss-reactive ketones (excluding diaryl/α,β-unsaturated/α-hetero) is 1. The van der Waals surface area contributed by atoms with E-state index in [0.29, 0.717) is 16.3 Å². The number of carbonyl (C=O) groups is 1. The Balaban J connectivity index is 2.84. The fourth-order valence-electron chi connectivity index (χ4n) is 1.34. The summed E-state index contributed by atoms with van der Waals surface area (Å²) in [6, 6.07) is 5.04. The number of nitrogens with one attached hydrogen (secondary N) is 1. The first-order chi connectivity index (χ1) is 7.83. The Morgan fingerprint density at radius 2 is 2.06 bits per heavy atom. The smallest absolute Gasteiger partial charge is 0.180 e. The van der Waals surface area contributed by atoms with Crippen molar-refractivity contribution in [2.75, 3.05) is 13.7 Å². The molecule has 4 heteroatoms. The Morgan fingerprint density at radius 3 is 2.59 bits per heavy atom. The Morgan fingerprint density at radius 1 is 1.41 bits per heavy atom. The van der Waals surface area contributed by atoms with Crippen LogP contribution in [0.4, 0.5) is 0 Å². The summed E-state index contributed by atoms with van der Waals surface area (Å²) in [6.45, 7) is 6.29. The van der Waals surface area contributed by atoms with E-state index in [-0.39, 0.29) is 17.9 Å². The van der Waals surface area contributed by atoms with Crippen LogP contribution in [-0.4, -0.2) is 25.0 Å². The highest BCUT2D eigenvalue weighted by atomic mass is 35.5.